The summed E-state index contributed by atoms with van der Waals surface area (Å²) in [6, 6.07) is -0.0349. The zero-order valence-electron chi connectivity index (χ0n) is 13.2. The maximum absolute atomic E-state index is 12.9. The summed E-state index contributed by atoms with van der Waals surface area (Å²) in [6.07, 6.45) is -10.1. The van der Waals surface area contributed by atoms with Crippen molar-refractivity contribution >= 4 is 21.8 Å². The Morgan fingerprint density at radius 3 is 2.00 bits per heavy atom. The average Bonchev–Trinajstić information content (AvgIpc) is 2.97. The number of carbonyl (C=O) groups is 1. The molecule has 0 spiro atoms. The molecule has 2 rings (SSSR count). The third-order valence-corrected chi connectivity index (χ3v) is 3.96. The molecule has 1 atom stereocenters. The summed E-state index contributed by atoms with van der Waals surface area (Å²) in [5, 5.41) is 6.19. The topological polar surface area (TPSA) is 61.9 Å². The molecule has 1 heterocycles. The maximum Gasteiger partial charge on any atom is 0.416 e. The Labute approximate surface area is 151 Å². The number of alkyl halides is 6. The van der Waals surface area contributed by atoms with E-state index < -0.39 is 41.0 Å². The van der Waals surface area contributed by atoms with Crippen LogP contribution in [0.2, 0.25) is 0 Å². The first-order chi connectivity index (χ1) is 11.8. The van der Waals surface area contributed by atoms with Gasteiger partial charge in [-0.2, -0.15) is 26.3 Å². The third-order valence-electron chi connectivity index (χ3n) is 3.61. The van der Waals surface area contributed by atoms with Gasteiger partial charge in [0, 0.05) is 12.6 Å². The van der Waals surface area contributed by atoms with Crippen molar-refractivity contribution in [1.82, 2.24) is 20.1 Å². The van der Waals surface area contributed by atoms with E-state index >= 15 is 0 Å². The van der Waals surface area contributed by atoms with Crippen LogP contribution < -0.4 is 0 Å². The van der Waals surface area contributed by atoms with Gasteiger partial charge in [0.1, 0.15) is 5.82 Å². The number of benzene rings is 1. The number of H-pyrrole nitrogens is 1. The molecule has 0 saturated heterocycles. The first kappa shape index (κ1) is 20.2. The molecule has 142 valence electrons. The summed E-state index contributed by atoms with van der Waals surface area (Å²) in [6.45, 7) is 1.49. The second-order valence-corrected chi connectivity index (χ2v) is 6.09. The first-order valence-electron chi connectivity index (χ1n) is 6.95. The van der Waals surface area contributed by atoms with Crippen molar-refractivity contribution in [3.05, 3.63) is 45.4 Å². The van der Waals surface area contributed by atoms with E-state index in [0.29, 0.717) is 12.1 Å². The fraction of sp³-hybridized carbons (Fsp3) is 0.357. The highest BCUT2D eigenvalue weighted by atomic mass is 79.9. The smallest absolute Gasteiger partial charge is 0.332 e. The lowest BCUT2D eigenvalue weighted by Crippen LogP contribution is -2.31. The van der Waals surface area contributed by atoms with Crippen LogP contribution in [0.4, 0.5) is 26.3 Å². The molecule has 0 aliphatic heterocycles. The lowest BCUT2D eigenvalue weighted by molar-refractivity contribution is -0.143. The number of nitrogens with zero attached hydrogens (tertiary/aromatic N) is 3. The maximum atomic E-state index is 12.9. The number of amides is 1. The lowest BCUT2D eigenvalue weighted by Gasteiger charge is -2.24. The van der Waals surface area contributed by atoms with Gasteiger partial charge in [0.15, 0.2) is 0 Å². The summed E-state index contributed by atoms with van der Waals surface area (Å²) in [5.74, 6) is -0.822. The Balaban J connectivity index is 2.44. The molecule has 0 aliphatic carbocycles. The van der Waals surface area contributed by atoms with Crippen LogP contribution in [0.25, 0.3) is 0 Å². The van der Waals surface area contributed by atoms with Crippen molar-refractivity contribution in [2.75, 3.05) is 7.05 Å². The second-order valence-electron chi connectivity index (χ2n) is 5.38. The standard InChI is InChI=1S/C14H11BrF6N4O/c1-6(10-22-12(15)24-23-10)25(2)11(26)7-3-8(13(16,17)18)5-9(4-7)14(19,20)21/h3-6H,1-2H3,(H,22,23,24). The molecule has 1 amide bonds. The Morgan fingerprint density at radius 1 is 1.12 bits per heavy atom. The van der Waals surface area contributed by atoms with Gasteiger partial charge in [0.25, 0.3) is 5.91 Å². The van der Waals surface area contributed by atoms with Gasteiger partial charge in [0.05, 0.1) is 17.2 Å². The molecule has 0 radical (unpaired) electrons. The monoisotopic (exact) mass is 444 g/mol. The zero-order chi connectivity index (χ0) is 19.9. The van der Waals surface area contributed by atoms with E-state index in [2.05, 4.69) is 31.1 Å². The van der Waals surface area contributed by atoms with Gasteiger partial charge in [-0.05, 0) is 41.1 Å². The predicted octanol–water partition coefficient (Wildman–Crippen LogP) is 4.44. The van der Waals surface area contributed by atoms with Gasteiger partial charge in [-0.1, -0.05) is 0 Å². The Morgan fingerprint density at radius 2 is 1.62 bits per heavy atom. The SMILES string of the molecule is CC(c1nc(Br)n[nH]1)N(C)C(=O)c1cc(C(F)(F)F)cc(C(F)(F)F)c1. The van der Waals surface area contributed by atoms with Crippen molar-refractivity contribution in [3.63, 3.8) is 0 Å². The predicted molar refractivity (Wildman–Crippen MR) is 81.0 cm³/mol. The molecule has 0 fully saturated rings. The van der Waals surface area contributed by atoms with Crippen LogP contribution in [-0.2, 0) is 12.4 Å². The average molecular weight is 445 g/mol. The molecule has 1 unspecified atom stereocenters. The van der Waals surface area contributed by atoms with Crippen molar-refractivity contribution < 1.29 is 31.1 Å². The number of aromatic amines is 1. The molecule has 26 heavy (non-hydrogen) atoms. The van der Waals surface area contributed by atoms with Gasteiger partial charge >= 0.3 is 12.4 Å². The number of hydrogen-bond acceptors (Lipinski definition) is 3. The summed E-state index contributed by atoms with van der Waals surface area (Å²) >= 11 is 2.99. The molecule has 2 aromatic rings. The molecule has 1 N–H and O–H groups in total. The molecule has 1 aromatic carbocycles. The van der Waals surface area contributed by atoms with Gasteiger partial charge in [0.2, 0.25) is 4.73 Å². The van der Waals surface area contributed by atoms with E-state index in [-0.39, 0.29) is 16.6 Å². The Hall–Kier alpha value is -2.11. The van der Waals surface area contributed by atoms with Gasteiger partial charge < -0.3 is 4.90 Å². The van der Waals surface area contributed by atoms with Crippen LogP contribution in [0.1, 0.15) is 40.3 Å². The third kappa shape index (κ3) is 4.34. The van der Waals surface area contributed by atoms with Crippen molar-refractivity contribution in [2.24, 2.45) is 0 Å². The Kier molecular flexibility index (Phi) is 5.36. The number of aromatic nitrogens is 3. The quantitative estimate of drug-likeness (QED) is 0.711. The number of nitrogens with one attached hydrogen (secondary N) is 1. The fourth-order valence-electron chi connectivity index (χ4n) is 2.08. The second kappa shape index (κ2) is 6.89. The van der Waals surface area contributed by atoms with Gasteiger partial charge in [-0.15, -0.1) is 5.10 Å². The van der Waals surface area contributed by atoms with Crippen LogP contribution >= 0.6 is 15.9 Å². The van der Waals surface area contributed by atoms with E-state index in [0.717, 1.165) is 4.90 Å². The van der Waals surface area contributed by atoms with E-state index in [1.807, 2.05) is 0 Å². The molecule has 1 aromatic heterocycles. The van der Waals surface area contributed by atoms with Crippen LogP contribution in [0, 0.1) is 0 Å². The molecular formula is C14H11BrF6N4O. The fourth-order valence-corrected chi connectivity index (χ4v) is 2.36. The lowest BCUT2D eigenvalue weighted by atomic mass is 10.0. The number of carbonyl (C=O) groups excluding carboxylic acids is 1. The zero-order valence-corrected chi connectivity index (χ0v) is 14.8. The van der Waals surface area contributed by atoms with Crippen molar-refractivity contribution in [1.29, 1.82) is 0 Å². The first-order valence-corrected chi connectivity index (χ1v) is 7.74. The molecule has 0 saturated carbocycles. The Bertz CT molecular complexity index is 784. The van der Waals surface area contributed by atoms with E-state index in [9.17, 15) is 31.1 Å². The van der Waals surface area contributed by atoms with Crippen molar-refractivity contribution in [2.45, 2.75) is 25.3 Å². The number of hydrogen-bond donors (Lipinski definition) is 1. The molecule has 12 heteroatoms. The molecule has 0 aliphatic rings. The highest BCUT2D eigenvalue weighted by molar-refractivity contribution is 9.10. The minimum absolute atomic E-state index is 0.0340. The molecular weight excluding hydrogens is 434 g/mol. The van der Waals surface area contributed by atoms with Gasteiger partial charge in [-0.25, -0.2) is 4.98 Å². The largest absolute Gasteiger partial charge is 0.416 e. The van der Waals surface area contributed by atoms with Crippen LogP contribution in [0.15, 0.2) is 22.9 Å². The van der Waals surface area contributed by atoms with E-state index in [1.54, 1.807) is 0 Å². The summed E-state index contributed by atoms with van der Waals surface area (Å²) < 4.78 is 77.6. The normalized spacial score (nSPS) is 13.6. The van der Waals surface area contributed by atoms with E-state index in [4.69, 9.17) is 0 Å². The minimum atomic E-state index is -5.03. The number of rotatable bonds is 3. The summed E-state index contributed by atoms with van der Waals surface area (Å²) in [7, 11) is 1.23. The van der Waals surface area contributed by atoms with E-state index in [1.165, 1.54) is 14.0 Å². The minimum Gasteiger partial charge on any atom is -0.332 e. The van der Waals surface area contributed by atoms with Crippen LogP contribution in [0.5, 0.6) is 0 Å². The molecule has 5 nitrogen and oxygen atoms in total. The number of halogens is 7. The molecule has 0 bridgehead atoms. The van der Waals surface area contributed by atoms with Crippen LogP contribution in [0.3, 0.4) is 0 Å². The summed E-state index contributed by atoms with van der Waals surface area (Å²) in [4.78, 5) is 17.3. The van der Waals surface area contributed by atoms with Crippen molar-refractivity contribution in [3.8, 4) is 0 Å². The van der Waals surface area contributed by atoms with Crippen LogP contribution in [-0.4, -0.2) is 33.0 Å². The summed E-state index contributed by atoms with van der Waals surface area (Å²) in [5.41, 5.74) is -3.85. The van der Waals surface area contributed by atoms with Gasteiger partial charge in [-0.3, -0.25) is 9.89 Å². The highest BCUT2D eigenvalue weighted by Crippen LogP contribution is 2.36. The highest BCUT2D eigenvalue weighted by Gasteiger charge is 2.38.